The Morgan fingerprint density at radius 1 is 0.392 bits per heavy atom. The minimum Gasteiger partial charge on any atom is -0.228 e. The van der Waals surface area contributed by atoms with Crippen LogP contribution in [0.5, 0.6) is 0 Å². The predicted octanol–water partition coefficient (Wildman–Crippen LogP) is 12.9. The molecule has 0 spiro atoms. The van der Waals surface area contributed by atoms with E-state index in [1.54, 1.807) is 0 Å². The quantitative estimate of drug-likeness (QED) is 0.140. The maximum absolute atomic E-state index is 5.40. The molecule has 0 N–H and O–H groups in total. The van der Waals surface area contributed by atoms with Crippen molar-refractivity contribution in [3.63, 3.8) is 0 Å². The monoisotopic (exact) mass is 650 g/mol. The van der Waals surface area contributed by atoms with Crippen LogP contribution in [0.2, 0.25) is 0 Å². The van der Waals surface area contributed by atoms with E-state index in [0.29, 0.717) is 0 Å². The first-order valence-electron chi connectivity index (χ1n) is 17.7. The lowest BCUT2D eigenvalue weighted by Crippen LogP contribution is -2.14. The second-order valence-corrected chi connectivity index (χ2v) is 14.2. The Hall–Kier alpha value is -6.38. The second kappa shape index (κ2) is 11.3. The number of nitrogens with zero attached hydrogens (tertiary/aromatic N) is 2. The molecule has 0 saturated heterocycles. The third kappa shape index (κ3) is 4.64. The molecule has 2 nitrogen and oxygen atoms in total. The van der Waals surface area contributed by atoms with Crippen LogP contribution in [0.1, 0.15) is 25.0 Å². The lowest BCUT2D eigenvalue weighted by atomic mass is 9.82. The van der Waals surface area contributed by atoms with E-state index in [9.17, 15) is 0 Å². The largest absolute Gasteiger partial charge is 0.228 e. The number of hydrogen-bond donors (Lipinski definition) is 0. The molecule has 51 heavy (non-hydrogen) atoms. The third-order valence-corrected chi connectivity index (χ3v) is 10.9. The summed E-state index contributed by atoms with van der Waals surface area (Å²) in [5.41, 5.74) is 12.9. The summed E-state index contributed by atoms with van der Waals surface area (Å²) < 4.78 is 0. The van der Waals surface area contributed by atoms with Crippen LogP contribution in [-0.4, -0.2) is 9.97 Å². The first-order valence-corrected chi connectivity index (χ1v) is 17.7. The predicted molar refractivity (Wildman–Crippen MR) is 214 cm³/mol. The van der Waals surface area contributed by atoms with Crippen molar-refractivity contribution < 1.29 is 0 Å². The summed E-state index contributed by atoms with van der Waals surface area (Å²) >= 11 is 0. The van der Waals surface area contributed by atoms with Crippen LogP contribution in [0, 0.1) is 0 Å². The molecule has 10 rings (SSSR count). The maximum Gasteiger partial charge on any atom is 0.161 e. The van der Waals surface area contributed by atoms with E-state index < -0.39 is 0 Å². The maximum atomic E-state index is 5.40. The van der Waals surface area contributed by atoms with Gasteiger partial charge in [-0.3, -0.25) is 0 Å². The van der Waals surface area contributed by atoms with E-state index in [1.807, 2.05) is 0 Å². The van der Waals surface area contributed by atoms with Crippen molar-refractivity contribution in [1.29, 1.82) is 0 Å². The zero-order valence-corrected chi connectivity index (χ0v) is 28.6. The Balaban J connectivity index is 1.18. The number of fused-ring (bicyclic) bond motifs is 7. The molecule has 0 atom stereocenters. The molecule has 8 aromatic carbocycles. The second-order valence-electron chi connectivity index (χ2n) is 14.2. The van der Waals surface area contributed by atoms with Crippen molar-refractivity contribution in [2.75, 3.05) is 0 Å². The van der Waals surface area contributed by atoms with Gasteiger partial charge in [-0.1, -0.05) is 172 Å². The van der Waals surface area contributed by atoms with Crippen LogP contribution in [-0.2, 0) is 5.41 Å². The molecular formula is C49H34N2. The van der Waals surface area contributed by atoms with Gasteiger partial charge in [0.2, 0.25) is 0 Å². The molecule has 1 aromatic heterocycles. The van der Waals surface area contributed by atoms with Crippen molar-refractivity contribution in [3.05, 3.63) is 181 Å². The summed E-state index contributed by atoms with van der Waals surface area (Å²) in [5.74, 6) is 0.730. The molecule has 2 heteroatoms. The fourth-order valence-corrected chi connectivity index (χ4v) is 8.35. The number of aromatic nitrogens is 2. The fourth-order valence-electron chi connectivity index (χ4n) is 8.35. The average molecular weight is 651 g/mol. The zero-order valence-electron chi connectivity index (χ0n) is 28.6. The third-order valence-electron chi connectivity index (χ3n) is 10.9. The van der Waals surface area contributed by atoms with E-state index in [4.69, 9.17) is 9.97 Å². The smallest absolute Gasteiger partial charge is 0.161 e. The highest BCUT2D eigenvalue weighted by Gasteiger charge is 2.36. The van der Waals surface area contributed by atoms with Gasteiger partial charge in [0.15, 0.2) is 5.82 Å². The Bertz CT molecular complexity index is 2810. The molecule has 1 aliphatic carbocycles. The van der Waals surface area contributed by atoms with Crippen LogP contribution in [0.15, 0.2) is 170 Å². The number of benzene rings is 8. The van der Waals surface area contributed by atoms with Crippen molar-refractivity contribution >= 4 is 32.3 Å². The summed E-state index contributed by atoms with van der Waals surface area (Å²) in [6, 6.07) is 61.1. The Labute approximate surface area is 297 Å². The Morgan fingerprint density at radius 2 is 0.980 bits per heavy atom. The van der Waals surface area contributed by atoms with Gasteiger partial charge in [-0.15, -0.1) is 0 Å². The average Bonchev–Trinajstić information content (AvgIpc) is 3.43. The fraction of sp³-hybridized carbons (Fsp3) is 0.0612. The summed E-state index contributed by atoms with van der Waals surface area (Å²) in [6.45, 7) is 4.67. The van der Waals surface area contributed by atoms with Crippen LogP contribution < -0.4 is 0 Å². The van der Waals surface area contributed by atoms with Crippen LogP contribution in [0.3, 0.4) is 0 Å². The van der Waals surface area contributed by atoms with Crippen LogP contribution >= 0.6 is 0 Å². The van der Waals surface area contributed by atoms with E-state index in [-0.39, 0.29) is 5.41 Å². The van der Waals surface area contributed by atoms with Crippen LogP contribution in [0.25, 0.3) is 88.5 Å². The molecule has 1 heterocycles. The molecule has 0 bridgehead atoms. The number of hydrogen-bond acceptors (Lipinski definition) is 2. The summed E-state index contributed by atoms with van der Waals surface area (Å²) in [4.78, 5) is 10.7. The standard InChI is InChI=1S/C49H34N2/c1-49(2)41-21-11-10-19-40(41)46-38(20-12-22-42(46)49)32-23-26-34(27-24-32)44-30-43(33-14-4-3-5-15-33)50-48(51-44)47-39-18-9-7-16-35(39)29-36-28-25-31-13-6-8-17-37(31)45(36)47/h3-30H,1-2H3. The molecular weight excluding hydrogens is 617 g/mol. The van der Waals surface area contributed by atoms with Gasteiger partial charge in [0, 0.05) is 27.5 Å². The minimum absolute atomic E-state index is 0.0375. The van der Waals surface area contributed by atoms with Gasteiger partial charge in [0.25, 0.3) is 0 Å². The van der Waals surface area contributed by atoms with Crippen molar-refractivity contribution in [3.8, 4) is 56.2 Å². The summed E-state index contributed by atoms with van der Waals surface area (Å²) in [6.07, 6.45) is 0. The molecule has 0 unspecified atom stereocenters. The minimum atomic E-state index is -0.0375. The van der Waals surface area contributed by atoms with Gasteiger partial charge in [0.1, 0.15) is 0 Å². The summed E-state index contributed by atoms with van der Waals surface area (Å²) in [5, 5.41) is 7.09. The molecule has 0 amide bonds. The lowest BCUT2D eigenvalue weighted by molar-refractivity contribution is 0.660. The van der Waals surface area contributed by atoms with Gasteiger partial charge in [-0.25, -0.2) is 9.97 Å². The lowest BCUT2D eigenvalue weighted by Gasteiger charge is -2.21. The first-order chi connectivity index (χ1) is 25.0. The molecule has 0 fully saturated rings. The zero-order chi connectivity index (χ0) is 34.1. The molecule has 9 aromatic rings. The molecule has 1 aliphatic rings. The topological polar surface area (TPSA) is 25.8 Å². The van der Waals surface area contributed by atoms with Crippen LogP contribution in [0.4, 0.5) is 0 Å². The molecule has 240 valence electrons. The van der Waals surface area contributed by atoms with E-state index in [1.165, 1.54) is 60.3 Å². The highest BCUT2D eigenvalue weighted by atomic mass is 14.9. The van der Waals surface area contributed by atoms with E-state index in [0.717, 1.165) is 39.3 Å². The summed E-state index contributed by atoms with van der Waals surface area (Å²) in [7, 11) is 0. The van der Waals surface area contributed by atoms with E-state index >= 15 is 0 Å². The van der Waals surface area contributed by atoms with Crippen molar-refractivity contribution in [2.45, 2.75) is 19.3 Å². The normalized spacial score (nSPS) is 13.1. The van der Waals surface area contributed by atoms with Gasteiger partial charge in [0.05, 0.1) is 11.4 Å². The number of rotatable bonds is 4. The van der Waals surface area contributed by atoms with Crippen molar-refractivity contribution in [1.82, 2.24) is 9.97 Å². The molecule has 0 radical (unpaired) electrons. The van der Waals surface area contributed by atoms with Crippen molar-refractivity contribution in [2.24, 2.45) is 0 Å². The van der Waals surface area contributed by atoms with E-state index in [2.05, 4.69) is 184 Å². The Morgan fingerprint density at radius 3 is 1.78 bits per heavy atom. The Kier molecular flexibility index (Phi) is 6.56. The van der Waals surface area contributed by atoms with Gasteiger partial charge >= 0.3 is 0 Å². The first kappa shape index (κ1) is 29.5. The highest BCUT2D eigenvalue weighted by molar-refractivity contribution is 6.21. The van der Waals surface area contributed by atoms with Gasteiger partial charge in [-0.2, -0.15) is 0 Å². The highest BCUT2D eigenvalue weighted by Crippen LogP contribution is 2.52. The van der Waals surface area contributed by atoms with Gasteiger partial charge in [-0.05, 0) is 72.4 Å². The molecule has 0 aliphatic heterocycles. The SMILES string of the molecule is CC1(C)c2ccccc2-c2c(-c3ccc(-c4cc(-c5ccccc5)nc(-c5c6ccccc6cc6ccc7ccccc7c56)n4)cc3)cccc21. The molecule has 0 saturated carbocycles. The van der Waals surface area contributed by atoms with Gasteiger partial charge < -0.3 is 0 Å².